The average molecular weight is 944 g/mol. The van der Waals surface area contributed by atoms with E-state index in [1.54, 1.807) is 41.9 Å². The molecule has 0 bridgehead atoms. The Morgan fingerprint density at radius 2 is 1.68 bits per heavy atom. The molecule has 5 N–H and O–H groups in total. The number of thiazole rings is 2. The number of H-pyrrole nitrogens is 1. The highest BCUT2D eigenvalue weighted by atomic mass is 32.1. The normalized spacial score (nSPS) is 11.7. The second-order valence-electron chi connectivity index (χ2n) is 14.6. The predicted octanol–water partition coefficient (Wildman–Crippen LogP) is 8.62. The smallest absolute Gasteiger partial charge is 0.419 e. The number of hydrogen-bond donors (Lipinski definition) is 5. The Hall–Kier alpha value is -6.42. The summed E-state index contributed by atoms with van der Waals surface area (Å²) in [4.78, 5) is 35.3. The topological polar surface area (TPSA) is 180 Å². The van der Waals surface area contributed by atoms with E-state index in [1.807, 2.05) is 47.8 Å². The molecule has 3 aromatic heterocycles. The zero-order chi connectivity index (χ0) is 46.3. The third-order valence-corrected chi connectivity index (χ3v) is 11.4. The predicted molar refractivity (Wildman–Crippen MR) is 245 cm³/mol. The van der Waals surface area contributed by atoms with Gasteiger partial charge < -0.3 is 30.5 Å². The van der Waals surface area contributed by atoms with Gasteiger partial charge in [-0.15, -0.1) is 32.9 Å². The number of aromatic amines is 1. The van der Waals surface area contributed by atoms with Gasteiger partial charge >= 0.3 is 11.7 Å². The lowest BCUT2D eigenvalue weighted by molar-refractivity contribution is -0.140. The first-order valence-electron chi connectivity index (χ1n) is 20.8. The van der Waals surface area contributed by atoms with Gasteiger partial charge in [0.2, 0.25) is 10.3 Å². The summed E-state index contributed by atoms with van der Waals surface area (Å²) in [5.74, 6) is -1.11. The number of carbonyl (C=O) groups excluding carboxylic acids is 1. The van der Waals surface area contributed by atoms with E-state index in [2.05, 4.69) is 36.3 Å². The zero-order valence-corrected chi connectivity index (χ0v) is 36.9. The third-order valence-electron chi connectivity index (χ3n) is 9.94. The van der Waals surface area contributed by atoms with E-state index < -0.39 is 23.1 Å². The standard InChI is InChI=1S/C46H45F4N9O5S2/c47-37-14-8-31(26-36(37)46(48,49)50)28-64-39-15-9-30(25-35(39)27-52-17-21-60)5-4-16-51-18-22-63-23-19-53-42(61)34-12-10-32(11-13-34)38-29-66-45(55-38)59-43(62)41(56-57-44-54-20-24-65-44)40(58-59)33-6-2-1-3-7-33/h1-3,6-15,20,24-26,29,51-52,58,60H,4-5,16-19,21-23,27-28H2,(H,53,61). The summed E-state index contributed by atoms with van der Waals surface area (Å²) in [5.41, 5.74) is 3.53. The number of hydrogen-bond acceptors (Lipinski definition) is 13. The molecule has 3 heterocycles. The molecular formula is C46H45F4N9O5S2. The molecule has 66 heavy (non-hydrogen) atoms. The van der Waals surface area contributed by atoms with Crippen LogP contribution in [0.25, 0.3) is 27.6 Å². The summed E-state index contributed by atoms with van der Waals surface area (Å²) in [6, 6.07) is 24.8. The highest BCUT2D eigenvalue weighted by molar-refractivity contribution is 7.13. The molecule has 0 aliphatic heterocycles. The van der Waals surface area contributed by atoms with Gasteiger partial charge in [-0.25, -0.2) is 14.4 Å². The minimum Gasteiger partial charge on any atom is -0.489 e. The SMILES string of the molecule is O=C(NCCOCCNCCCc1ccc(OCc2ccc(F)c(C(F)(F)F)c2)c(CNCCO)c1)c1ccc(-c2csc(-n3[nH]c(-c4ccccc4)c(N=Nc4nccs4)c3=O)n2)cc1. The molecule has 20 heteroatoms. The zero-order valence-electron chi connectivity index (χ0n) is 35.3. The number of rotatable bonds is 23. The molecule has 4 aromatic carbocycles. The molecule has 0 atom stereocenters. The number of ether oxygens (including phenoxy) is 2. The van der Waals surface area contributed by atoms with E-state index in [-0.39, 0.29) is 30.4 Å². The quantitative estimate of drug-likeness (QED) is 0.0239. The fourth-order valence-corrected chi connectivity index (χ4v) is 7.89. The number of benzene rings is 4. The lowest BCUT2D eigenvalue weighted by Crippen LogP contribution is -2.28. The van der Waals surface area contributed by atoms with Crippen LogP contribution in [0.1, 0.15) is 39.0 Å². The number of nitrogens with zero attached hydrogens (tertiary/aromatic N) is 5. The van der Waals surface area contributed by atoms with Crippen molar-refractivity contribution in [1.82, 2.24) is 35.7 Å². The van der Waals surface area contributed by atoms with Crippen LogP contribution in [-0.4, -0.2) is 76.8 Å². The van der Waals surface area contributed by atoms with Gasteiger partial charge in [0.1, 0.15) is 18.2 Å². The number of halogens is 4. The number of azo groups is 1. The van der Waals surface area contributed by atoms with Gasteiger partial charge in [0.15, 0.2) is 5.69 Å². The van der Waals surface area contributed by atoms with Crippen LogP contribution in [-0.2, 0) is 30.5 Å². The first-order chi connectivity index (χ1) is 32.1. The first-order valence-corrected chi connectivity index (χ1v) is 22.6. The molecule has 0 fully saturated rings. The molecule has 7 rings (SSSR count). The van der Waals surface area contributed by atoms with Gasteiger partial charge in [-0.1, -0.05) is 60.7 Å². The molecular weight excluding hydrogens is 899 g/mol. The van der Waals surface area contributed by atoms with Crippen molar-refractivity contribution in [2.45, 2.75) is 32.2 Å². The molecule has 0 radical (unpaired) electrons. The Labute approximate surface area is 384 Å². The van der Waals surface area contributed by atoms with Crippen molar-refractivity contribution in [1.29, 1.82) is 0 Å². The lowest BCUT2D eigenvalue weighted by atomic mass is 10.0. The molecule has 7 aromatic rings. The second-order valence-corrected chi connectivity index (χ2v) is 16.3. The van der Waals surface area contributed by atoms with Crippen molar-refractivity contribution < 1.29 is 36.9 Å². The molecule has 0 unspecified atom stereocenters. The molecule has 0 saturated heterocycles. The molecule has 0 aliphatic carbocycles. The Balaban J connectivity index is 0.817. The molecule has 0 aliphatic rings. The summed E-state index contributed by atoms with van der Waals surface area (Å²) >= 11 is 2.59. The molecule has 14 nitrogen and oxygen atoms in total. The fourth-order valence-electron chi connectivity index (χ4n) is 6.65. The van der Waals surface area contributed by atoms with Gasteiger partial charge in [0, 0.05) is 65.4 Å². The number of carbonyl (C=O) groups is 1. The fraction of sp³-hybridized carbons (Fsp3) is 0.261. The molecule has 0 spiro atoms. The second kappa shape index (κ2) is 23.2. The summed E-state index contributed by atoms with van der Waals surface area (Å²) in [6.07, 6.45) is -1.62. The van der Waals surface area contributed by atoms with Crippen LogP contribution in [0.2, 0.25) is 0 Å². The third kappa shape index (κ3) is 12.9. The number of aromatic nitrogens is 4. The average Bonchev–Trinajstić information content (AvgIpc) is 4.10. The van der Waals surface area contributed by atoms with Crippen molar-refractivity contribution in [2.24, 2.45) is 10.2 Å². The maximum atomic E-state index is 13.7. The number of amides is 1. The number of aliphatic hydroxyl groups excluding tert-OH is 1. The van der Waals surface area contributed by atoms with E-state index in [0.717, 1.165) is 53.8 Å². The minimum atomic E-state index is -4.81. The number of aliphatic hydroxyl groups is 1. The summed E-state index contributed by atoms with van der Waals surface area (Å²) in [5, 5.41) is 34.5. The first kappa shape index (κ1) is 47.5. The Morgan fingerprint density at radius 3 is 2.45 bits per heavy atom. The van der Waals surface area contributed by atoms with Crippen molar-refractivity contribution >= 4 is 39.4 Å². The molecule has 344 valence electrons. The van der Waals surface area contributed by atoms with Crippen LogP contribution in [0.5, 0.6) is 5.75 Å². The van der Waals surface area contributed by atoms with Crippen LogP contribution < -0.4 is 26.2 Å². The number of aryl methyl sites for hydroxylation is 1. The minimum absolute atomic E-state index is 0.0612. The van der Waals surface area contributed by atoms with Crippen molar-refractivity contribution in [2.75, 3.05) is 46.0 Å². The van der Waals surface area contributed by atoms with Crippen molar-refractivity contribution in [3.63, 3.8) is 0 Å². The molecule has 1 amide bonds. The van der Waals surface area contributed by atoms with Gasteiger partial charge in [-0.2, -0.15) is 17.9 Å². The monoisotopic (exact) mass is 943 g/mol. The van der Waals surface area contributed by atoms with E-state index in [0.29, 0.717) is 72.4 Å². The van der Waals surface area contributed by atoms with Crippen LogP contribution in [0.3, 0.4) is 0 Å². The van der Waals surface area contributed by atoms with Crippen LogP contribution in [0, 0.1) is 5.82 Å². The van der Waals surface area contributed by atoms with Gasteiger partial charge in [-0.05, 0) is 60.8 Å². The maximum absolute atomic E-state index is 13.7. The highest BCUT2D eigenvalue weighted by Crippen LogP contribution is 2.33. The largest absolute Gasteiger partial charge is 0.489 e. The van der Waals surface area contributed by atoms with E-state index in [9.17, 15) is 32.3 Å². The summed E-state index contributed by atoms with van der Waals surface area (Å²) in [7, 11) is 0. The van der Waals surface area contributed by atoms with Crippen LogP contribution >= 0.6 is 22.7 Å². The summed E-state index contributed by atoms with van der Waals surface area (Å²) in [6.45, 7) is 2.94. The highest BCUT2D eigenvalue weighted by Gasteiger charge is 2.34. The van der Waals surface area contributed by atoms with Gasteiger partial charge in [0.25, 0.3) is 5.91 Å². The number of alkyl halides is 3. The molecule has 0 saturated carbocycles. The van der Waals surface area contributed by atoms with Crippen LogP contribution in [0.4, 0.5) is 28.4 Å². The number of nitrogens with one attached hydrogen (secondary N) is 4. The van der Waals surface area contributed by atoms with Crippen molar-refractivity contribution in [3.05, 3.63) is 152 Å². The Bertz CT molecular complexity index is 2740. The van der Waals surface area contributed by atoms with E-state index in [1.165, 1.54) is 33.4 Å². The van der Waals surface area contributed by atoms with E-state index in [4.69, 9.17) is 14.5 Å². The van der Waals surface area contributed by atoms with Gasteiger partial charge in [-0.3, -0.25) is 14.7 Å². The maximum Gasteiger partial charge on any atom is 0.419 e. The Kier molecular flexibility index (Phi) is 16.7. The van der Waals surface area contributed by atoms with E-state index >= 15 is 0 Å². The lowest BCUT2D eigenvalue weighted by Gasteiger charge is -2.15. The van der Waals surface area contributed by atoms with Crippen LogP contribution in [0.15, 0.2) is 123 Å². The summed E-state index contributed by atoms with van der Waals surface area (Å²) < 4.78 is 66.2. The Morgan fingerprint density at radius 1 is 0.879 bits per heavy atom. The van der Waals surface area contributed by atoms with Gasteiger partial charge in [0.05, 0.1) is 36.8 Å². The van der Waals surface area contributed by atoms with Crippen molar-refractivity contribution in [3.8, 4) is 33.4 Å².